The van der Waals surface area contributed by atoms with Crippen molar-refractivity contribution >= 4 is 16.9 Å². The summed E-state index contributed by atoms with van der Waals surface area (Å²) < 4.78 is 16.2. The summed E-state index contributed by atoms with van der Waals surface area (Å²) in [5.41, 5.74) is -0.400. The van der Waals surface area contributed by atoms with Gasteiger partial charge in [0.2, 0.25) is 5.91 Å². The van der Waals surface area contributed by atoms with E-state index < -0.39 is 5.60 Å². The Hall–Kier alpha value is -3.11. The molecule has 6 rings (SSSR count). The summed E-state index contributed by atoms with van der Waals surface area (Å²) in [6, 6.07) is 7.05. The number of hydrogen-bond acceptors (Lipinski definition) is 6. The lowest BCUT2D eigenvalue weighted by Gasteiger charge is -2.40. The van der Waals surface area contributed by atoms with Crippen molar-refractivity contribution in [2.24, 2.45) is 5.92 Å². The zero-order valence-electron chi connectivity index (χ0n) is 20.9. The van der Waals surface area contributed by atoms with E-state index in [1.807, 2.05) is 4.90 Å². The number of halogens is 1. The number of nitrogens with one attached hydrogen (secondary N) is 1. The number of amides is 1. The minimum Gasteiger partial charge on any atom is -0.388 e. The van der Waals surface area contributed by atoms with Crippen LogP contribution in [0.5, 0.6) is 0 Å². The van der Waals surface area contributed by atoms with Crippen molar-refractivity contribution in [3.05, 3.63) is 53.0 Å². The molecule has 0 unspecified atom stereocenters. The number of aliphatic hydroxyl groups is 1. The molecule has 0 spiro atoms. The van der Waals surface area contributed by atoms with Crippen molar-refractivity contribution in [1.82, 2.24) is 29.5 Å². The zero-order valence-corrected chi connectivity index (χ0v) is 20.9. The van der Waals surface area contributed by atoms with Crippen LogP contribution < -0.4 is 10.9 Å². The van der Waals surface area contributed by atoms with Crippen molar-refractivity contribution in [2.75, 3.05) is 13.1 Å². The molecule has 10 heteroatoms. The zero-order chi connectivity index (χ0) is 25.6. The Balaban J connectivity index is 1.08. The van der Waals surface area contributed by atoms with Crippen LogP contribution in [0.15, 0.2) is 41.6 Å². The summed E-state index contributed by atoms with van der Waals surface area (Å²) in [6.45, 7) is 1.08. The van der Waals surface area contributed by atoms with Crippen LogP contribution >= 0.6 is 0 Å². The third-order valence-electron chi connectivity index (χ3n) is 8.22. The van der Waals surface area contributed by atoms with Crippen molar-refractivity contribution in [1.29, 1.82) is 0 Å². The molecule has 3 heterocycles. The molecular formula is C27H33FN6O3. The van der Waals surface area contributed by atoms with Gasteiger partial charge in [0.25, 0.3) is 5.56 Å². The van der Waals surface area contributed by atoms with Crippen LogP contribution in [0.1, 0.15) is 51.4 Å². The topological polar surface area (TPSA) is 105 Å². The number of benzene rings is 1. The van der Waals surface area contributed by atoms with Crippen LogP contribution in [0.25, 0.3) is 16.7 Å². The van der Waals surface area contributed by atoms with E-state index in [0.29, 0.717) is 54.7 Å². The number of fused-ring (bicyclic) bond motifs is 1. The lowest BCUT2D eigenvalue weighted by molar-refractivity contribution is -0.141. The van der Waals surface area contributed by atoms with E-state index in [9.17, 15) is 19.1 Å². The maximum atomic E-state index is 13.3. The quantitative estimate of drug-likeness (QED) is 0.530. The fourth-order valence-corrected chi connectivity index (χ4v) is 5.80. The second-order valence-electron chi connectivity index (χ2n) is 11.0. The summed E-state index contributed by atoms with van der Waals surface area (Å²) >= 11 is 0. The summed E-state index contributed by atoms with van der Waals surface area (Å²) in [5, 5.41) is 19.6. The average molecular weight is 509 g/mol. The van der Waals surface area contributed by atoms with Gasteiger partial charge < -0.3 is 15.3 Å². The van der Waals surface area contributed by atoms with Crippen LogP contribution in [0.4, 0.5) is 4.39 Å². The van der Waals surface area contributed by atoms with Crippen LogP contribution in [0, 0.1) is 11.7 Å². The van der Waals surface area contributed by atoms with Crippen molar-refractivity contribution < 1.29 is 14.3 Å². The number of carbonyl (C=O) groups is 1. The second-order valence-corrected chi connectivity index (χ2v) is 11.0. The molecule has 3 fully saturated rings. The standard InChI is InChI=1S/C27H33FN6O3/c28-19-3-9-22(10-4-19)34-24-23(15-30-34)26(36)33(17-29-24)16-27(37)11-13-32(14-12-27)25(35)18-1-5-20(6-2-18)31-21-7-8-21/h3-4,9-10,15,17-18,20-21,31,37H,1-2,5-8,11-14,16H2/t18-,20-. The first-order chi connectivity index (χ1) is 17.9. The SMILES string of the molecule is O=c1c2cnn(-c3ccc(F)cc3)c2ncn1CC1(O)CCN(C(=O)[C@H]2CC[C@H](NC3CC3)CC2)CC1. The minimum atomic E-state index is -1.09. The first-order valence-corrected chi connectivity index (χ1v) is 13.3. The molecule has 2 N–H and O–H groups in total. The van der Waals surface area contributed by atoms with Gasteiger partial charge in [-0.05, 0) is 75.6 Å². The van der Waals surface area contributed by atoms with E-state index in [1.54, 1.807) is 12.1 Å². The van der Waals surface area contributed by atoms with Crippen LogP contribution in [-0.4, -0.2) is 66.0 Å². The lowest BCUT2D eigenvalue weighted by atomic mass is 9.84. The summed E-state index contributed by atoms with van der Waals surface area (Å²) in [7, 11) is 0. The number of hydrogen-bond donors (Lipinski definition) is 2. The molecule has 1 aromatic carbocycles. The molecule has 196 valence electrons. The number of piperidine rings is 1. The highest BCUT2D eigenvalue weighted by Gasteiger charge is 2.38. The third-order valence-corrected chi connectivity index (χ3v) is 8.22. The molecule has 3 aromatic rings. The highest BCUT2D eigenvalue weighted by atomic mass is 19.1. The number of aromatic nitrogens is 4. The van der Waals surface area contributed by atoms with Crippen molar-refractivity contribution in [3.63, 3.8) is 0 Å². The Morgan fingerprint density at radius 2 is 1.70 bits per heavy atom. The molecule has 0 atom stereocenters. The number of likely N-dealkylation sites (tertiary alicyclic amines) is 1. The normalized spacial score (nSPS) is 23.9. The predicted octanol–water partition coefficient (Wildman–Crippen LogP) is 2.39. The van der Waals surface area contributed by atoms with Gasteiger partial charge in [-0.2, -0.15) is 5.10 Å². The Kier molecular flexibility index (Phi) is 6.32. The minimum absolute atomic E-state index is 0.0790. The molecule has 0 bridgehead atoms. The van der Waals surface area contributed by atoms with E-state index in [0.717, 1.165) is 25.7 Å². The van der Waals surface area contributed by atoms with Gasteiger partial charge in [-0.25, -0.2) is 14.1 Å². The molecule has 3 aliphatic rings. The highest BCUT2D eigenvalue weighted by molar-refractivity contribution is 5.79. The fraction of sp³-hybridized carbons (Fsp3) is 0.556. The number of rotatable bonds is 6. The smallest absolute Gasteiger partial charge is 0.264 e. The van der Waals surface area contributed by atoms with Gasteiger partial charge in [-0.15, -0.1) is 0 Å². The monoisotopic (exact) mass is 508 g/mol. The molecule has 1 aliphatic heterocycles. The van der Waals surface area contributed by atoms with Crippen LogP contribution in [0.2, 0.25) is 0 Å². The Labute approximate surface area is 214 Å². The van der Waals surface area contributed by atoms with E-state index in [1.165, 1.54) is 46.7 Å². The molecule has 2 saturated carbocycles. The fourth-order valence-electron chi connectivity index (χ4n) is 5.80. The first-order valence-electron chi connectivity index (χ1n) is 13.3. The third kappa shape index (κ3) is 5.04. The maximum absolute atomic E-state index is 13.3. The van der Waals surface area contributed by atoms with Gasteiger partial charge in [0.15, 0.2) is 5.65 Å². The van der Waals surface area contributed by atoms with Gasteiger partial charge in [-0.3, -0.25) is 14.2 Å². The van der Waals surface area contributed by atoms with Gasteiger partial charge in [0.05, 0.1) is 24.0 Å². The molecule has 1 amide bonds. The molecule has 1 saturated heterocycles. The molecule has 2 aliphatic carbocycles. The molecule has 0 radical (unpaired) electrons. The van der Waals surface area contributed by atoms with Crippen LogP contribution in [-0.2, 0) is 11.3 Å². The van der Waals surface area contributed by atoms with Gasteiger partial charge in [-0.1, -0.05) is 0 Å². The van der Waals surface area contributed by atoms with E-state index in [2.05, 4.69) is 15.4 Å². The Morgan fingerprint density at radius 1 is 1.05 bits per heavy atom. The number of nitrogens with zero attached hydrogens (tertiary/aromatic N) is 5. The number of carbonyl (C=O) groups excluding carboxylic acids is 1. The molecule has 9 nitrogen and oxygen atoms in total. The highest BCUT2D eigenvalue weighted by Crippen LogP contribution is 2.31. The summed E-state index contributed by atoms with van der Waals surface area (Å²) in [4.78, 5) is 32.6. The van der Waals surface area contributed by atoms with Gasteiger partial charge in [0.1, 0.15) is 17.5 Å². The first kappa shape index (κ1) is 24.2. The molecule has 2 aromatic heterocycles. The summed E-state index contributed by atoms with van der Waals surface area (Å²) in [5.74, 6) is -0.0687. The van der Waals surface area contributed by atoms with E-state index >= 15 is 0 Å². The lowest BCUT2D eigenvalue weighted by Crippen LogP contribution is -2.51. The second kappa shape index (κ2) is 9.64. The predicted molar refractivity (Wildman–Crippen MR) is 136 cm³/mol. The maximum Gasteiger partial charge on any atom is 0.264 e. The molecular weight excluding hydrogens is 475 g/mol. The van der Waals surface area contributed by atoms with E-state index in [-0.39, 0.29) is 29.7 Å². The van der Waals surface area contributed by atoms with Crippen molar-refractivity contribution in [3.8, 4) is 5.69 Å². The van der Waals surface area contributed by atoms with Gasteiger partial charge >= 0.3 is 0 Å². The summed E-state index contributed by atoms with van der Waals surface area (Å²) in [6.07, 6.45) is 10.2. The Morgan fingerprint density at radius 3 is 2.35 bits per heavy atom. The van der Waals surface area contributed by atoms with E-state index in [4.69, 9.17) is 0 Å². The van der Waals surface area contributed by atoms with Gasteiger partial charge in [0, 0.05) is 31.1 Å². The average Bonchev–Trinajstić information content (AvgIpc) is 3.61. The molecule has 37 heavy (non-hydrogen) atoms. The van der Waals surface area contributed by atoms with Crippen molar-refractivity contribution in [2.45, 2.75) is 75.6 Å². The largest absolute Gasteiger partial charge is 0.388 e. The Bertz CT molecular complexity index is 1330. The van der Waals surface area contributed by atoms with Crippen LogP contribution in [0.3, 0.4) is 0 Å².